The molecule has 13 aromatic rings. The van der Waals surface area contributed by atoms with Crippen LogP contribution < -0.4 is 0 Å². The van der Waals surface area contributed by atoms with Gasteiger partial charge < -0.3 is 9.13 Å². The van der Waals surface area contributed by atoms with Gasteiger partial charge in [0.2, 0.25) is 0 Å². The molecule has 318 valence electrons. The van der Waals surface area contributed by atoms with Gasteiger partial charge in [0.05, 0.1) is 27.8 Å². The molecular weight excluding hydrogens is 833 g/mol. The van der Waals surface area contributed by atoms with E-state index in [1.54, 1.807) is 0 Å². The highest BCUT2D eigenvalue weighted by Gasteiger charge is 2.24. The van der Waals surface area contributed by atoms with Gasteiger partial charge in [-0.1, -0.05) is 176 Å². The first-order valence-electron chi connectivity index (χ1n) is 22.6. The maximum Gasteiger partial charge on any atom is 0.166 e. The number of nitrogens with zero attached hydrogens (tertiary/aromatic N) is 8. The molecule has 8 heteroatoms. The molecular formula is C60H38N8. The topological polar surface area (TPSA) is 87.2 Å². The van der Waals surface area contributed by atoms with Crippen molar-refractivity contribution in [2.75, 3.05) is 0 Å². The summed E-state index contributed by atoms with van der Waals surface area (Å²) in [5.41, 5.74) is 11.4. The van der Waals surface area contributed by atoms with Gasteiger partial charge in [0.1, 0.15) is 0 Å². The van der Waals surface area contributed by atoms with Crippen molar-refractivity contribution >= 4 is 43.6 Å². The summed E-state index contributed by atoms with van der Waals surface area (Å²) in [6.45, 7) is 0. The molecule has 0 amide bonds. The van der Waals surface area contributed by atoms with Gasteiger partial charge in [-0.3, -0.25) is 0 Å². The van der Waals surface area contributed by atoms with E-state index in [1.165, 1.54) is 0 Å². The average molecular weight is 871 g/mol. The van der Waals surface area contributed by atoms with Crippen molar-refractivity contribution in [2.24, 2.45) is 0 Å². The Kier molecular flexibility index (Phi) is 9.31. The molecule has 0 unspecified atom stereocenters. The van der Waals surface area contributed by atoms with Crippen molar-refractivity contribution in [2.45, 2.75) is 0 Å². The average Bonchev–Trinajstić information content (AvgIpc) is 3.94. The van der Waals surface area contributed by atoms with E-state index in [-0.39, 0.29) is 0 Å². The third kappa shape index (κ3) is 6.62. The van der Waals surface area contributed by atoms with E-state index < -0.39 is 0 Å². The highest BCUT2D eigenvalue weighted by molar-refractivity contribution is 6.15. The lowest BCUT2D eigenvalue weighted by molar-refractivity contribution is 1.06. The molecule has 13 rings (SSSR count). The van der Waals surface area contributed by atoms with Crippen LogP contribution in [0.15, 0.2) is 231 Å². The second kappa shape index (κ2) is 16.2. The molecule has 0 radical (unpaired) electrons. The summed E-state index contributed by atoms with van der Waals surface area (Å²) in [6, 6.07) is 79.2. The Bertz CT molecular complexity index is 3900. The molecule has 0 aliphatic carbocycles. The molecule has 9 aromatic carbocycles. The van der Waals surface area contributed by atoms with Crippen molar-refractivity contribution < 1.29 is 0 Å². The molecule has 68 heavy (non-hydrogen) atoms. The summed E-state index contributed by atoms with van der Waals surface area (Å²) < 4.78 is 4.64. The van der Waals surface area contributed by atoms with Crippen LogP contribution in [-0.2, 0) is 0 Å². The fourth-order valence-electron chi connectivity index (χ4n) is 9.56. The Morgan fingerprint density at radius 1 is 0.250 bits per heavy atom. The second-order valence-corrected chi connectivity index (χ2v) is 16.7. The van der Waals surface area contributed by atoms with Gasteiger partial charge in [-0.15, -0.1) is 0 Å². The summed E-state index contributed by atoms with van der Waals surface area (Å²) in [6.07, 6.45) is 0. The molecule has 0 aliphatic heterocycles. The predicted octanol–water partition coefficient (Wildman–Crippen LogP) is 14.3. The highest BCUT2D eigenvalue weighted by atomic mass is 15.1. The van der Waals surface area contributed by atoms with E-state index in [0.717, 1.165) is 88.4 Å². The highest BCUT2D eigenvalue weighted by Crippen LogP contribution is 2.41. The summed E-state index contributed by atoms with van der Waals surface area (Å²) in [7, 11) is 0. The Labute approximate surface area is 391 Å². The minimum absolute atomic E-state index is 0.511. The van der Waals surface area contributed by atoms with Crippen LogP contribution >= 0.6 is 0 Å². The van der Waals surface area contributed by atoms with Gasteiger partial charge in [0.15, 0.2) is 34.9 Å². The Hall–Kier alpha value is -9.40. The molecule has 0 saturated carbocycles. The van der Waals surface area contributed by atoms with Crippen LogP contribution in [-0.4, -0.2) is 39.0 Å². The maximum atomic E-state index is 5.54. The van der Waals surface area contributed by atoms with E-state index in [1.807, 2.05) is 84.9 Å². The van der Waals surface area contributed by atoms with Crippen LogP contribution in [0.25, 0.3) is 123 Å². The van der Waals surface area contributed by atoms with Gasteiger partial charge in [0, 0.05) is 60.6 Å². The normalized spacial score (nSPS) is 11.5. The van der Waals surface area contributed by atoms with Crippen LogP contribution in [0.5, 0.6) is 0 Å². The van der Waals surface area contributed by atoms with Crippen molar-refractivity contribution in [3.63, 3.8) is 0 Å². The number of aromatic nitrogens is 8. The number of hydrogen-bond acceptors (Lipinski definition) is 6. The van der Waals surface area contributed by atoms with Gasteiger partial charge >= 0.3 is 0 Å². The van der Waals surface area contributed by atoms with E-state index in [0.29, 0.717) is 34.9 Å². The SMILES string of the molecule is c1ccc(-c2nc(-c3ccccc3)nc(-c3ccc(-n4c5ccccc5c5ccccc54)c(-c4nc(-c5ccccc5)nc(-c5cccc6c5c5ccccc5n6-c5ccccc5)n4)c3)n2)cc1. The molecule has 0 atom stereocenters. The molecule has 0 aliphatic rings. The first kappa shape index (κ1) is 39.0. The van der Waals surface area contributed by atoms with Gasteiger partial charge in [-0.2, -0.15) is 0 Å². The van der Waals surface area contributed by atoms with Crippen molar-refractivity contribution in [3.05, 3.63) is 231 Å². The molecule has 4 aromatic heterocycles. The number of fused-ring (bicyclic) bond motifs is 6. The van der Waals surface area contributed by atoms with E-state index in [9.17, 15) is 0 Å². The zero-order chi connectivity index (χ0) is 45.0. The third-order valence-electron chi connectivity index (χ3n) is 12.6. The molecule has 4 heterocycles. The zero-order valence-electron chi connectivity index (χ0n) is 36.5. The Morgan fingerprint density at radius 3 is 1.19 bits per heavy atom. The predicted molar refractivity (Wildman–Crippen MR) is 275 cm³/mol. The van der Waals surface area contributed by atoms with E-state index in [4.69, 9.17) is 29.9 Å². The van der Waals surface area contributed by atoms with Crippen LogP contribution in [0.2, 0.25) is 0 Å². The Balaban J connectivity index is 1.11. The number of rotatable bonds is 8. The molecule has 8 nitrogen and oxygen atoms in total. The quantitative estimate of drug-likeness (QED) is 0.151. The lowest BCUT2D eigenvalue weighted by Crippen LogP contribution is -2.05. The van der Waals surface area contributed by atoms with E-state index >= 15 is 0 Å². The van der Waals surface area contributed by atoms with Crippen LogP contribution in [0.4, 0.5) is 0 Å². The zero-order valence-corrected chi connectivity index (χ0v) is 36.5. The number of benzene rings is 9. The molecule has 0 fully saturated rings. The van der Waals surface area contributed by atoms with Crippen molar-refractivity contribution in [1.29, 1.82) is 0 Å². The van der Waals surface area contributed by atoms with Crippen LogP contribution in [0.3, 0.4) is 0 Å². The molecule has 0 N–H and O–H groups in total. The molecule has 0 spiro atoms. The standard InChI is InChI=1S/C60H38N8/c1-5-20-39(21-6-1)55-61-56(40-22-7-2-8-23-40)63-58(62-55)42-36-37-52(68-49-32-16-13-28-44(49)45-29-14-17-33-50(45)68)48(38-42)60-65-57(41-24-9-3-10-25-41)64-59(66-60)47-31-19-35-53-54(47)46-30-15-18-34-51(46)67(53)43-26-11-4-12-27-43/h1-38H. The summed E-state index contributed by atoms with van der Waals surface area (Å²) >= 11 is 0. The first-order valence-corrected chi connectivity index (χ1v) is 22.6. The van der Waals surface area contributed by atoms with Crippen LogP contribution in [0, 0.1) is 0 Å². The van der Waals surface area contributed by atoms with Gasteiger partial charge in [-0.25, -0.2) is 29.9 Å². The molecule has 0 bridgehead atoms. The lowest BCUT2D eigenvalue weighted by atomic mass is 10.0. The minimum Gasteiger partial charge on any atom is -0.309 e. The second-order valence-electron chi connectivity index (χ2n) is 16.7. The number of para-hydroxylation sites is 4. The van der Waals surface area contributed by atoms with E-state index in [2.05, 4.69) is 155 Å². The smallest absolute Gasteiger partial charge is 0.166 e. The third-order valence-corrected chi connectivity index (χ3v) is 12.6. The summed E-state index contributed by atoms with van der Waals surface area (Å²) in [5.74, 6) is 3.33. The van der Waals surface area contributed by atoms with Gasteiger partial charge in [0.25, 0.3) is 0 Å². The van der Waals surface area contributed by atoms with Crippen molar-refractivity contribution in [1.82, 2.24) is 39.0 Å². The first-order chi connectivity index (χ1) is 33.7. The fourth-order valence-corrected chi connectivity index (χ4v) is 9.56. The largest absolute Gasteiger partial charge is 0.309 e. The Morgan fingerprint density at radius 2 is 0.647 bits per heavy atom. The minimum atomic E-state index is 0.511. The molecule has 0 saturated heterocycles. The lowest BCUT2D eigenvalue weighted by Gasteiger charge is -2.16. The summed E-state index contributed by atoms with van der Waals surface area (Å²) in [4.78, 5) is 31.6. The monoisotopic (exact) mass is 870 g/mol. The summed E-state index contributed by atoms with van der Waals surface area (Å²) in [5, 5.41) is 4.47. The maximum absolute atomic E-state index is 5.54. The van der Waals surface area contributed by atoms with Crippen LogP contribution in [0.1, 0.15) is 0 Å². The van der Waals surface area contributed by atoms with Gasteiger partial charge in [-0.05, 0) is 54.6 Å². The fraction of sp³-hybridized carbons (Fsp3) is 0. The number of hydrogen-bond donors (Lipinski definition) is 0. The van der Waals surface area contributed by atoms with Crippen molar-refractivity contribution in [3.8, 4) is 79.7 Å².